The van der Waals surface area contributed by atoms with Gasteiger partial charge in [0.1, 0.15) is 19.8 Å². The van der Waals surface area contributed by atoms with E-state index >= 15 is 26.3 Å². The van der Waals surface area contributed by atoms with Crippen LogP contribution in [0.1, 0.15) is 96.9 Å². The Hall–Kier alpha value is -0.642. The molecule has 3 fully saturated rings. The van der Waals surface area contributed by atoms with E-state index in [2.05, 4.69) is 0 Å². The van der Waals surface area contributed by atoms with Gasteiger partial charge >= 0.3 is 133 Å². The number of halogens is 24. The molecule has 43 heteroatoms. The number of alkyl halides is 24. The molecule has 12 nitrogen and oxygen atoms in total. The van der Waals surface area contributed by atoms with Crippen LogP contribution in [0.2, 0.25) is 60.4 Å². The van der Waals surface area contributed by atoms with E-state index in [1.165, 1.54) is 41.5 Å². The number of rotatable bonds is 38. The molecule has 548 valence electrons. The smallest absolute Gasteiger partial charge is 0.394 e. The number of hydrogen-bond donors (Lipinski definition) is 0. The Morgan fingerprint density at radius 1 is 0.261 bits per heavy atom. The van der Waals surface area contributed by atoms with Gasteiger partial charge in [-0.25, -0.2) is 26.3 Å². The van der Waals surface area contributed by atoms with Gasteiger partial charge in [-0.05, 0) is 59.6 Å². The predicted octanol–water partition coefficient (Wildman–Crippen LogP) is 17.4. The standard InChI is InChI=1S/C49H84F24O12Si7/c1-31(2)21-86(18-15-74-28-41(56,57)47(68,69)44(62,63)38(50)51)77-89(24-34(7)8)79-87(22-32(3)4,19-16-75-29-42(58,59)48(70,71)45(64,65)39(52)53)81-91(26-36(11)12)82-88(23-33(5)6,20-17-76-30-43(60,61)49(72,73)46(66,67)40(54)55)80-90(78-86,25-35(9)10)84-92(83-89,85-91)27-37(13)14/h31-40H,15-30H2,1-14H3. The molecule has 0 saturated carbocycles. The fraction of sp³-hybridized carbons (Fsp3) is 1.00. The third kappa shape index (κ3) is 19.9. The maximum Gasteiger partial charge on any atom is 0.479 e. The Morgan fingerprint density at radius 2 is 0.424 bits per heavy atom. The highest BCUT2D eigenvalue weighted by Gasteiger charge is 2.80. The molecule has 0 aromatic carbocycles. The van der Waals surface area contributed by atoms with Crippen molar-refractivity contribution in [3.8, 4) is 0 Å². The van der Waals surface area contributed by atoms with Gasteiger partial charge in [-0.15, -0.1) is 0 Å². The van der Waals surface area contributed by atoms with Crippen molar-refractivity contribution in [3.63, 3.8) is 0 Å². The maximum absolute atomic E-state index is 15.2. The van der Waals surface area contributed by atoms with E-state index in [0.29, 0.717) is 0 Å². The van der Waals surface area contributed by atoms with E-state index in [4.69, 9.17) is 51.2 Å². The molecule has 3 heterocycles. The van der Waals surface area contributed by atoms with Crippen molar-refractivity contribution < 1.29 is 157 Å². The van der Waals surface area contributed by atoms with Gasteiger partial charge in [-0.3, -0.25) is 0 Å². The van der Waals surface area contributed by atoms with Gasteiger partial charge in [0.15, 0.2) is 0 Å². The Labute approximate surface area is 526 Å². The fourth-order valence-corrected chi connectivity index (χ4v) is 56.2. The molecular formula is C49H84F24O12Si7. The summed E-state index contributed by atoms with van der Waals surface area (Å²) in [5.41, 5.74) is 0. The lowest BCUT2D eigenvalue weighted by molar-refractivity contribution is -0.345. The van der Waals surface area contributed by atoms with Gasteiger partial charge in [0.25, 0.3) is 0 Å². The summed E-state index contributed by atoms with van der Waals surface area (Å²) in [4.78, 5) is 0. The zero-order valence-corrected chi connectivity index (χ0v) is 60.1. The normalized spacial score (nSPS) is 28.3. The lowest BCUT2D eigenvalue weighted by Crippen LogP contribution is -2.82. The van der Waals surface area contributed by atoms with E-state index in [0.717, 1.165) is 0 Å². The average molecular weight is 1520 g/mol. The number of hydrogen-bond acceptors (Lipinski definition) is 12. The van der Waals surface area contributed by atoms with Crippen LogP contribution in [-0.4, -0.2) is 173 Å². The second-order valence-corrected chi connectivity index (χ2v) is 49.2. The highest BCUT2D eigenvalue weighted by Crippen LogP contribution is 2.55. The first-order valence-electron chi connectivity index (χ1n) is 29.5. The van der Waals surface area contributed by atoms with E-state index in [1.807, 2.05) is 0 Å². The van der Waals surface area contributed by atoms with E-state index in [9.17, 15) is 79.0 Å². The summed E-state index contributed by atoms with van der Waals surface area (Å²) < 4.78 is 426. The average Bonchev–Trinajstić information content (AvgIpc) is 0.710. The van der Waals surface area contributed by atoms with Crippen LogP contribution >= 0.6 is 0 Å². The van der Waals surface area contributed by atoms with Crippen LogP contribution in [-0.2, 0) is 51.2 Å². The van der Waals surface area contributed by atoms with Crippen molar-refractivity contribution in [2.75, 3.05) is 39.6 Å². The molecule has 0 N–H and O–H groups in total. The van der Waals surface area contributed by atoms with Crippen molar-refractivity contribution in [2.45, 2.75) is 230 Å². The van der Waals surface area contributed by atoms with Crippen molar-refractivity contribution in [2.24, 2.45) is 41.4 Å². The summed E-state index contributed by atoms with van der Waals surface area (Å²) >= 11 is 0. The molecule has 3 saturated heterocycles. The summed E-state index contributed by atoms with van der Waals surface area (Å²) in [7, 11) is -35.8. The fourth-order valence-electron chi connectivity index (χ4n) is 10.7. The van der Waals surface area contributed by atoms with E-state index in [1.54, 1.807) is 55.4 Å². The summed E-state index contributed by atoms with van der Waals surface area (Å²) in [6, 6.07) is -5.54. The topological polar surface area (TPSA) is 111 Å². The molecule has 4 bridgehead atoms. The molecule has 0 aliphatic carbocycles. The minimum Gasteiger partial charge on any atom is -0.394 e. The minimum atomic E-state index is -6.76. The Kier molecular flexibility index (Phi) is 28.5. The van der Waals surface area contributed by atoms with Crippen molar-refractivity contribution in [3.05, 3.63) is 0 Å². The molecule has 0 spiro atoms. The molecule has 3 aliphatic heterocycles. The number of ether oxygens (including phenoxy) is 3. The SMILES string of the molecule is CC(C)C[Si]1(CCOCC(F)(F)C(F)(F)C(F)(F)C(F)F)O[Si]2(CC(C)C)O[Si](CCOCC(F)(F)C(F)(F)C(F)(F)C(F)F)(CC(C)C)O[Si]3(CC(C)C)O[Si](CCOCC(F)(F)C(F)(F)C(F)(F)C(F)F)(CC(C)C)O[Si](CC(C)C)(O1)O[Si](CC(C)C)(O2)O3. The second-order valence-electron chi connectivity index (χ2n) is 26.6. The first-order valence-corrected chi connectivity index (χ1v) is 43.9. The van der Waals surface area contributed by atoms with Crippen LogP contribution in [0, 0.1) is 41.4 Å². The van der Waals surface area contributed by atoms with Gasteiger partial charge in [0.05, 0.1) is 0 Å². The third-order valence-electron chi connectivity index (χ3n) is 14.0. The number of fused-ring (bicyclic) bond motifs is 3. The zero-order chi connectivity index (χ0) is 71.6. The van der Waals surface area contributed by atoms with Crippen LogP contribution in [0.5, 0.6) is 0 Å². The van der Waals surface area contributed by atoms with Crippen molar-refractivity contribution in [1.82, 2.24) is 0 Å². The summed E-state index contributed by atoms with van der Waals surface area (Å²) in [6.07, 6.45) is -15.9. The van der Waals surface area contributed by atoms with Crippen LogP contribution in [0.3, 0.4) is 0 Å². The zero-order valence-electron chi connectivity index (χ0n) is 53.1. The van der Waals surface area contributed by atoms with Crippen LogP contribution in [0.4, 0.5) is 105 Å². The van der Waals surface area contributed by atoms with Crippen LogP contribution < -0.4 is 0 Å². The van der Waals surface area contributed by atoms with Crippen molar-refractivity contribution >= 4 is 60.9 Å². The largest absolute Gasteiger partial charge is 0.479 e. The summed E-state index contributed by atoms with van der Waals surface area (Å²) in [5.74, 6) is -63.2. The Bertz CT molecular complexity index is 2070. The molecule has 3 rings (SSSR count). The van der Waals surface area contributed by atoms with Gasteiger partial charge in [-0.1, -0.05) is 96.9 Å². The quantitative estimate of drug-likeness (QED) is 0.0333. The highest BCUT2D eigenvalue weighted by molar-refractivity contribution is 7.00. The van der Waals surface area contributed by atoms with Crippen LogP contribution in [0.15, 0.2) is 0 Å². The minimum absolute atomic E-state index is 0.303. The molecule has 0 amide bonds. The molecule has 3 aliphatic rings. The molecule has 92 heavy (non-hydrogen) atoms. The highest BCUT2D eigenvalue weighted by atomic mass is 28.6. The first-order chi connectivity index (χ1) is 41.2. The van der Waals surface area contributed by atoms with Crippen molar-refractivity contribution in [1.29, 1.82) is 0 Å². The Balaban J connectivity index is 2.70. The van der Waals surface area contributed by atoms with Gasteiger partial charge in [0.2, 0.25) is 0 Å². The molecule has 0 radical (unpaired) electrons. The summed E-state index contributed by atoms with van der Waals surface area (Å²) in [5, 5.41) is 0. The van der Waals surface area contributed by atoms with Gasteiger partial charge in [0, 0.05) is 62.1 Å². The summed E-state index contributed by atoms with van der Waals surface area (Å²) in [6.45, 7) is 10.2. The molecular weight excluding hydrogens is 1430 g/mol. The Morgan fingerprint density at radius 3 is 0.576 bits per heavy atom. The predicted molar refractivity (Wildman–Crippen MR) is 297 cm³/mol. The molecule has 0 unspecified atom stereocenters. The third-order valence-corrected chi connectivity index (χ3v) is 50.3. The molecule has 0 aromatic heterocycles. The van der Waals surface area contributed by atoms with Gasteiger partial charge in [-0.2, -0.15) is 79.0 Å². The molecule has 0 aromatic rings. The lowest BCUT2D eigenvalue weighted by Gasteiger charge is -2.60. The van der Waals surface area contributed by atoms with E-state index < -0.39 is 269 Å². The monoisotopic (exact) mass is 1520 g/mol. The molecule has 0 atom stereocenters. The first kappa shape index (κ1) is 85.6. The second kappa shape index (κ2) is 30.7. The van der Waals surface area contributed by atoms with E-state index in [-0.39, 0.29) is 6.04 Å². The lowest BCUT2D eigenvalue weighted by atomic mass is 10.1. The maximum atomic E-state index is 15.2. The van der Waals surface area contributed by atoms with Gasteiger partial charge < -0.3 is 51.2 Å². The van der Waals surface area contributed by atoms with Crippen LogP contribution in [0.25, 0.3) is 0 Å².